The smallest absolute Gasteiger partial charge is 0.271 e. The minimum Gasteiger partial charge on any atom is -0.373 e. The van der Waals surface area contributed by atoms with Crippen molar-refractivity contribution in [2.24, 2.45) is 5.73 Å². The van der Waals surface area contributed by atoms with Crippen molar-refractivity contribution < 1.29 is 9.53 Å². The van der Waals surface area contributed by atoms with Crippen LogP contribution in [0.25, 0.3) is 0 Å². The van der Waals surface area contributed by atoms with Crippen LogP contribution in [0.15, 0.2) is 35.7 Å². The number of nitrogens with one attached hydrogen (secondary N) is 1. The number of hydrogen-bond donors (Lipinski definition) is 2. The van der Waals surface area contributed by atoms with Gasteiger partial charge in [-0.25, -0.2) is 4.98 Å². The van der Waals surface area contributed by atoms with E-state index in [9.17, 15) is 4.79 Å². The van der Waals surface area contributed by atoms with Crippen molar-refractivity contribution in [1.82, 2.24) is 15.2 Å². The highest BCUT2D eigenvalue weighted by Crippen LogP contribution is 2.16. The summed E-state index contributed by atoms with van der Waals surface area (Å²) in [7, 11) is 0. The molecule has 0 bridgehead atoms. The van der Waals surface area contributed by atoms with Crippen molar-refractivity contribution in [1.29, 1.82) is 0 Å². The molecule has 1 aromatic carbocycles. The minimum absolute atomic E-state index is 0. The molecule has 1 amide bonds. The van der Waals surface area contributed by atoms with Crippen LogP contribution in [0.1, 0.15) is 34.4 Å². The third-order valence-electron chi connectivity index (χ3n) is 4.77. The van der Waals surface area contributed by atoms with Gasteiger partial charge in [0.1, 0.15) is 5.69 Å². The van der Waals surface area contributed by atoms with Crippen molar-refractivity contribution in [3.8, 4) is 0 Å². The Morgan fingerprint density at radius 3 is 2.83 bits per heavy atom. The molecule has 0 saturated carbocycles. The third kappa shape index (κ3) is 7.51. The van der Waals surface area contributed by atoms with Crippen LogP contribution in [0.3, 0.4) is 0 Å². The van der Waals surface area contributed by atoms with E-state index in [1.54, 1.807) is 5.38 Å². The summed E-state index contributed by atoms with van der Waals surface area (Å²) < 4.78 is 5.99. The fourth-order valence-corrected chi connectivity index (χ4v) is 4.11. The molecule has 2 aromatic rings. The quantitative estimate of drug-likeness (QED) is 0.632. The number of carbonyl (C=O) groups is 1. The fraction of sp³-hybridized carbons (Fsp3) is 0.500. The van der Waals surface area contributed by atoms with Gasteiger partial charge in [-0.3, -0.25) is 9.69 Å². The van der Waals surface area contributed by atoms with Crippen LogP contribution in [-0.2, 0) is 17.7 Å². The van der Waals surface area contributed by atoms with Crippen LogP contribution in [0, 0.1) is 0 Å². The molecule has 3 rings (SSSR count). The van der Waals surface area contributed by atoms with Gasteiger partial charge in [-0.2, -0.15) is 0 Å². The van der Waals surface area contributed by atoms with Gasteiger partial charge in [0, 0.05) is 31.4 Å². The molecule has 1 aromatic heterocycles. The van der Waals surface area contributed by atoms with Crippen LogP contribution in [-0.4, -0.2) is 54.2 Å². The van der Waals surface area contributed by atoms with Crippen molar-refractivity contribution >= 4 is 42.1 Å². The molecular weight excluding hydrogens is 431 g/mol. The molecule has 1 aliphatic rings. The number of morpholine rings is 1. The van der Waals surface area contributed by atoms with Gasteiger partial charge in [0.15, 0.2) is 0 Å². The Labute approximate surface area is 189 Å². The molecule has 6 nitrogen and oxygen atoms in total. The topological polar surface area (TPSA) is 80.5 Å². The fourth-order valence-electron chi connectivity index (χ4n) is 3.31. The first-order valence-corrected chi connectivity index (χ1v) is 10.4. The Bertz CT molecular complexity index is 732. The molecule has 1 fully saturated rings. The maximum absolute atomic E-state index is 12.6. The summed E-state index contributed by atoms with van der Waals surface area (Å²) in [5.74, 6) is -0.134. The SMILES string of the molecule is CCC(NC(=O)c1csc(CCN)n1)C1CN(Cc2ccccc2)CCO1.Cl.Cl. The average molecular weight is 461 g/mol. The van der Waals surface area contributed by atoms with Crippen LogP contribution >= 0.6 is 36.2 Å². The lowest BCUT2D eigenvalue weighted by Gasteiger charge is -2.37. The molecular formula is C20H30Cl2N4O2S. The lowest BCUT2D eigenvalue weighted by molar-refractivity contribution is -0.0483. The van der Waals surface area contributed by atoms with E-state index >= 15 is 0 Å². The standard InChI is InChI=1S/C20H28N4O2S.2ClH/c1-2-16(23-20(25)17-14-27-19(22-17)8-9-21)18-13-24(10-11-26-18)12-15-6-4-3-5-7-15;;/h3-7,14,16,18H,2,8-13,21H2,1H3,(H,23,25);2*1H. The van der Waals surface area contributed by atoms with Gasteiger partial charge in [-0.15, -0.1) is 36.2 Å². The Hall–Kier alpha value is -1.22. The molecule has 29 heavy (non-hydrogen) atoms. The van der Waals surface area contributed by atoms with E-state index in [1.165, 1.54) is 16.9 Å². The van der Waals surface area contributed by atoms with Crippen molar-refractivity contribution in [2.45, 2.75) is 38.5 Å². The summed E-state index contributed by atoms with van der Waals surface area (Å²) in [6.07, 6.45) is 1.50. The van der Waals surface area contributed by atoms with Crippen molar-refractivity contribution in [2.75, 3.05) is 26.2 Å². The zero-order valence-corrected chi connectivity index (χ0v) is 19.0. The molecule has 2 unspecified atom stereocenters. The van der Waals surface area contributed by atoms with E-state index in [4.69, 9.17) is 10.5 Å². The molecule has 0 aliphatic carbocycles. The van der Waals surface area contributed by atoms with E-state index < -0.39 is 0 Å². The number of halogens is 2. The molecule has 9 heteroatoms. The molecule has 1 saturated heterocycles. The maximum Gasteiger partial charge on any atom is 0.271 e. The van der Waals surface area contributed by atoms with E-state index in [0.29, 0.717) is 25.3 Å². The van der Waals surface area contributed by atoms with Crippen LogP contribution in [0.4, 0.5) is 0 Å². The van der Waals surface area contributed by atoms with Gasteiger partial charge in [0.05, 0.1) is 23.8 Å². The number of hydrogen-bond acceptors (Lipinski definition) is 6. The molecule has 0 radical (unpaired) electrons. The number of nitrogens with zero attached hydrogens (tertiary/aromatic N) is 2. The maximum atomic E-state index is 12.6. The third-order valence-corrected chi connectivity index (χ3v) is 5.68. The molecule has 2 heterocycles. The van der Waals surface area contributed by atoms with E-state index in [0.717, 1.165) is 31.1 Å². The van der Waals surface area contributed by atoms with E-state index in [2.05, 4.69) is 46.4 Å². The number of aromatic nitrogens is 1. The molecule has 162 valence electrons. The molecule has 2 atom stereocenters. The Morgan fingerprint density at radius 2 is 2.14 bits per heavy atom. The number of carbonyl (C=O) groups excluding carboxylic acids is 1. The predicted octanol–water partition coefficient (Wildman–Crippen LogP) is 2.90. The second kappa shape index (κ2) is 13.2. The van der Waals surface area contributed by atoms with Crippen LogP contribution < -0.4 is 11.1 Å². The minimum atomic E-state index is -0.134. The number of amides is 1. The van der Waals surface area contributed by atoms with E-state index in [-0.39, 0.29) is 42.9 Å². The normalized spacial score (nSPS) is 17.7. The summed E-state index contributed by atoms with van der Waals surface area (Å²) in [5, 5.41) is 5.82. The number of benzene rings is 1. The second-order valence-electron chi connectivity index (χ2n) is 6.78. The lowest BCUT2D eigenvalue weighted by Crippen LogP contribution is -2.53. The molecule has 0 spiro atoms. The van der Waals surface area contributed by atoms with Gasteiger partial charge < -0.3 is 15.8 Å². The summed E-state index contributed by atoms with van der Waals surface area (Å²) in [4.78, 5) is 19.3. The summed E-state index contributed by atoms with van der Waals surface area (Å²) >= 11 is 1.48. The monoisotopic (exact) mass is 460 g/mol. The Balaban J connectivity index is 0.00000210. The lowest BCUT2D eigenvalue weighted by atomic mass is 10.1. The largest absolute Gasteiger partial charge is 0.373 e. The average Bonchev–Trinajstić information content (AvgIpc) is 3.16. The Kier molecular flexibility index (Phi) is 11.7. The number of rotatable bonds is 8. The predicted molar refractivity (Wildman–Crippen MR) is 122 cm³/mol. The van der Waals surface area contributed by atoms with Gasteiger partial charge in [-0.05, 0) is 18.5 Å². The van der Waals surface area contributed by atoms with Crippen LogP contribution in [0.5, 0.6) is 0 Å². The first-order valence-electron chi connectivity index (χ1n) is 9.52. The summed E-state index contributed by atoms with van der Waals surface area (Å²) in [5.41, 5.74) is 7.33. The van der Waals surface area contributed by atoms with Crippen molar-refractivity contribution in [3.05, 3.63) is 52.0 Å². The highest BCUT2D eigenvalue weighted by atomic mass is 35.5. The number of thiazole rings is 1. The zero-order valence-electron chi connectivity index (χ0n) is 16.6. The van der Waals surface area contributed by atoms with Gasteiger partial charge in [0.25, 0.3) is 5.91 Å². The molecule has 1 aliphatic heterocycles. The van der Waals surface area contributed by atoms with Gasteiger partial charge in [0.2, 0.25) is 0 Å². The number of ether oxygens (including phenoxy) is 1. The van der Waals surface area contributed by atoms with E-state index in [1.807, 2.05) is 6.07 Å². The zero-order chi connectivity index (χ0) is 19.1. The Morgan fingerprint density at radius 1 is 1.38 bits per heavy atom. The number of nitrogens with two attached hydrogens (primary N) is 1. The second-order valence-corrected chi connectivity index (χ2v) is 7.73. The van der Waals surface area contributed by atoms with Crippen LogP contribution in [0.2, 0.25) is 0 Å². The molecule has 3 N–H and O–H groups in total. The highest BCUT2D eigenvalue weighted by molar-refractivity contribution is 7.09. The van der Waals surface area contributed by atoms with Gasteiger partial charge in [-0.1, -0.05) is 37.3 Å². The first kappa shape index (κ1) is 25.8. The highest BCUT2D eigenvalue weighted by Gasteiger charge is 2.29. The summed E-state index contributed by atoms with van der Waals surface area (Å²) in [6.45, 7) is 5.92. The summed E-state index contributed by atoms with van der Waals surface area (Å²) in [6, 6.07) is 10.4. The van der Waals surface area contributed by atoms with Crippen molar-refractivity contribution in [3.63, 3.8) is 0 Å². The first-order chi connectivity index (χ1) is 13.2. The van der Waals surface area contributed by atoms with Gasteiger partial charge >= 0.3 is 0 Å².